The zero-order chi connectivity index (χ0) is 20.3. The topological polar surface area (TPSA) is 93.2 Å². The van der Waals surface area contributed by atoms with Gasteiger partial charge in [-0.25, -0.2) is 14.0 Å². The van der Waals surface area contributed by atoms with Crippen LogP contribution in [0, 0.1) is 12.7 Å². The van der Waals surface area contributed by atoms with E-state index >= 15 is 0 Å². The molecule has 28 heavy (non-hydrogen) atoms. The number of amides is 1. The van der Waals surface area contributed by atoms with Crippen LogP contribution in [0.15, 0.2) is 59.5 Å². The maximum Gasteiger partial charge on any atom is 0.338 e. The maximum atomic E-state index is 13.6. The van der Waals surface area contributed by atoms with Crippen molar-refractivity contribution in [2.75, 3.05) is 5.32 Å². The van der Waals surface area contributed by atoms with Gasteiger partial charge in [-0.1, -0.05) is 12.1 Å². The Balaban J connectivity index is 1.66. The summed E-state index contributed by atoms with van der Waals surface area (Å²) in [6.45, 7) is 3.17. The molecule has 0 aliphatic rings. The van der Waals surface area contributed by atoms with Gasteiger partial charge < -0.3 is 15.0 Å². The highest BCUT2D eigenvalue weighted by Crippen LogP contribution is 2.15. The first-order valence-electron chi connectivity index (χ1n) is 8.50. The molecule has 0 saturated heterocycles. The summed E-state index contributed by atoms with van der Waals surface area (Å²) in [5, 5.41) is 2.37. The van der Waals surface area contributed by atoms with Crippen LogP contribution in [0.2, 0.25) is 0 Å². The fourth-order valence-electron chi connectivity index (χ4n) is 2.60. The Hall–Kier alpha value is -3.68. The van der Waals surface area contributed by atoms with Gasteiger partial charge in [0.25, 0.3) is 5.91 Å². The fraction of sp³-hybridized carbons (Fsp3) is 0.150. The van der Waals surface area contributed by atoms with Gasteiger partial charge in [0.05, 0.1) is 16.9 Å². The number of benzene rings is 2. The lowest BCUT2D eigenvalue weighted by molar-refractivity contribution is -0.123. The van der Waals surface area contributed by atoms with Crippen molar-refractivity contribution in [1.82, 2.24) is 9.55 Å². The van der Waals surface area contributed by atoms with E-state index in [-0.39, 0.29) is 16.9 Å². The van der Waals surface area contributed by atoms with Crippen molar-refractivity contribution in [3.63, 3.8) is 0 Å². The quantitative estimate of drug-likeness (QED) is 0.663. The first-order valence-corrected chi connectivity index (χ1v) is 8.50. The van der Waals surface area contributed by atoms with Crippen molar-refractivity contribution in [3.8, 4) is 5.69 Å². The molecular formula is C20H18FN3O4. The van der Waals surface area contributed by atoms with Gasteiger partial charge in [-0.05, 0) is 50.2 Å². The first-order chi connectivity index (χ1) is 13.4. The normalized spacial score (nSPS) is 11.7. The van der Waals surface area contributed by atoms with Gasteiger partial charge in [0, 0.05) is 11.9 Å². The molecule has 0 saturated carbocycles. The monoisotopic (exact) mass is 383 g/mol. The third-order valence-corrected chi connectivity index (χ3v) is 4.11. The van der Waals surface area contributed by atoms with Crippen LogP contribution in [0.3, 0.4) is 0 Å². The average Bonchev–Trinajstić information content (AvgIpc) is 3.02. The van der Waals surface area contributed by atoms with Gasteiger partial charge in [-0.15, -0.1) is 0 Å². The second kappa shape index (κ2) is 7.91. The van der Waals surface area contributed by atoms with E-state index in [1.54, 1.807) is 31.3 Å². The van der Waals surface area contributed by atoms with E-state index in [0.717, 1.165) is 5.69 Å². The second-order valence-electron chi connectivity index (χ2n) is 6.13. The van der Waals surface area contributed by atoms with E-state index in [2.05, 4.69) is 10.3 Å². The number of aromatic amines is 1. The SMILES string of the molecule is Cc1c[nH]c(=O)n1-c1ccc(C(=O)OC(C)C(=O)Nc2ccccc2F)cc1. The minimum atomic E-state index is -1.12. The third-order valence-electron chi connectivity index (χ3n) is 4.11. The molecule has 2 aromatic carbocycles. The number of hydrogen-bond donors (Lipinski definition) is 2. The molecular weight excluding hydrogens is 365 g/mol. The fourth-order valence-corrected chi connectivity index (χ4v) is 2.60. The largest absolute Gasteiger partial charge is 0.449 e. The zero-order valence-corrected chi connectivity index (χ0v) is 15.2. The van der Waals surface area contributed by atoms with Crippen molar-refractivity contribution >= 4 is 17.6 Å². The summed E-state index contributed by atoms with van der Waals surface area (Å²) in [5.41, 5.74) is 1.25. The van der Waals surface area contributed by atoms with Gasteiger partial charge in [0.1, 0.15) is 5.82 Å². The van der Waals surface area contributed by atoms with E-state index in [1.807, 2.05) is 0 Å². The molecule has 144 valence electrons. The van der Waals surface area contributed by atoms with Crippen molar-refractivity contribution in [3.05, 3.63) is 82.3 Å². The van der Waals surface area contributed by atoms with E-state index < -0.39 is 23.8 Å². The number of esters is 1. The first kappa shape index (κ1) is 19.1. The van der Waals surface area contributed by atoms with Crippen molar-refractivity contribution < 1.29 is 18.7 Å². The lowest BCUT2D eigenvalue weighted by Crippen LogP contribution is -2.30. The molecule has 7 nitrogen and oxygen atoms in total. The number of halogens is 1. The van der Waals surface area contributed by atoms with E-state index in [1.165, 1.54) is 41.8 Å². The van der Waals surface area contributed by atoms with Crippen molar-refractivity contribution in [1.29, 1.82) is 0 Å². The molecule has 0 spiro atoms. The number of imidazole rings is 1. The molecule has 0 bridgehead atoms. The molecule has 0 aliphatic heterocycles. The number of nitrogens with zero attached hydrogens (tertiary/aromatic N) is 1. The molecule has 0 radical (unpaired) electrons. The number of aryl methyl sites for hydroxylation is 1. The average molecular weight is 383 g/mol. The maximum absolute atomic E-state index is 13.6. The van der Waals surface area contributed by atoms with Crippen LogP contribution in [0.1, 0.15) is 23.0 Å². The van der Waals surface area contributed by atoms with Crippen LogP contribution >= 0.6 is 0 Å². The number of para-hydroxylation sites is 1. The number of H-pyrrole nitrogens is 1. The molecule has 8 heteroatoms. The third kappa shape index (κ3) is 4.01. The lowest BCUT2D eigenvalue weighted by Gasteiger charge is -2.14. The molecule has 1 amide bonds. The summed E-state index contributed by atoms with van der Waals surface area (Å²) in [6, 6.07) is 11.9. The van der Waals surface area contributed by atoms with Gasteiger partial charge >= 0.3 is 11.7 Å². The van der Waals surface area contributed by atoms with Crippen molar-refractivity contribution in [2.24, 2.45) is 0 Å². The van der Waals surface area contributed by atoms with Crippen LogP contribution < -0.4 is 11.0 Å². The number of carbonyl (C=O) groups is 2. The van der Waals surface area contributed by atoms with E-state index in [9.17, 15) is 18.8 Å². The highest BCUT2D eigenvalue weighted by molar-refractivity contribution is 5.97. The van der Waals surface area contributed by atoms with Crippen LogP contribution in [0.5, 0.6) is 0 Å². The molecule has 1 unspecified atom stereocenters. The van der Waals surface area contributed by atoms with Crippen LogP contribution in [-0.2, 0) is 9.53 Å². The summed E-state index contributed by atoms with van der Waals surface area (Å²) in [4.78, 5) is 38.8. The Kier molecular flexibility index (Phi) is 5.39. The standard InChI is InChI=1S/C20H18FN3O4/c1-12-11-22-20(27)24(12)15-9-7-14(8-10-15)19(26)28-13(2)18(25)23-17-6-4-3-5-16(17)21/h3-11,13H,1-2H3,(H,22,27)(H,23,25). The number of carbonyl (C=O) groups excluding carboxylic acids is 2. The summed E-state index contributed by atoms with van der Waals surface area (Å²) in [5.74, 6) is -1.94. The Morgan fingerprint density at radius 3 is 2.43 bits per heavy atom. The summed E-state index contributed by atoms with van der Waals surface area (Å²) in [6.07, 6.45) is 0.460. The summed E-state index contributed by atoms with van der Waals surface area (Å²) in [7, 11) is 0. The Bertz CT molecular complexity index is 1070. The van der Waals surface area contributed by atoms with Gasteiger partial charge in [0.15, 0.2) is 6.10 Å². The highest BCUT2D eigenvalue weighted by atomic mass is 19.1. The minimum Gasteiger partial charge on any atom is -0.449 e. The van der Waals surface area contributed by atoms with Crippen LogP contribution in [-0.4, -0.2) is 27.5 Å². The number of rotatable bonds is 5. The summed E-state index contributed by atoms with van der Waals surface area (Å²) < 4.78 is 20.2. The van der Waals surface area contributed by atoms with E-state index in [0.29, 0.717) is 5.69 Å². The lowest BCUT2D eigenvalue weighted by atomic mass is 10.2. The number of aromatic nitrogens is 2. The number of hydrogen-bond acceptors (Lipinski definition) is 4. The summed E-state index contributed by atoms with van der Waals surface area (Å²) >= 11 is 0. The molecule has 0 fully saturated rings. The smallest absolute Gasteiger partial charge is 0.338 e. The predicted molar refractivity (Wildman–Crippen MR) is 101 cm³/mol. The van der Waals surface area contributed by atoms with Gasteiger partial charge in [-0.2, -0.15) is 0 Å². The minimum absolute atomic E-state index is 0.00654. The van der Waals surface area contributed by atoms with Gasteiger partial charge in [-0.3, -0.25) is 9.36 Å². The Morgan fingerprint density at radius 1 is 1.14 bits per heavy atom. The molecule has 2 N–H and O–H groups in total. The number of anilines is 1. The molecule has 3 aromatic rings. The van der Waals surface area contributed by atoms with E-state index in [4.69, 9.17) is 4.74 Å². The molecule has 3 rings (SSSR count). The molecule has 0 aliphatic carbocycles. The zero-order valence-electron chi connectivity index (χ0n) is 15.2. The Labute approximate surface area is 159 Å². The predicted octanol–water partition coefficient (Wildman–Crippen LogP) is 2.80. The Morgan fingerprint density at radius 2 is 1.82 bits per heavy atom. The van der Waals surface area contributed by atoms with Crippen molar-refractivity contribution in [2.45, 2.75) is 20.0 Å². The van der Waals surface area contributed by atoms with Crippen LogP contribution in [0.25, 0.3) is 5.69 Å². The van der Waals surface area contributed by atoms with Crippen LogP contribution in [0.4, 0.5) is 10.1 Å². The van der Waals surface area contributed by atoms with Gasteiger partial charge in [0.2, 0.25) is 0 Å². The molecule has 1 atom stereocenters. The number of nitrogens with one attached hydrogen (secondary N) is 2. The molecule has 1 heterocycles. The second-order valence-corrected chi connectivity index (χ2v) is 6.13. The molecule has 1 aromatic heterocycles. The number of ether oxygens (including phenoxy) is 1. The highest BCUT2D eigenvalue weighted by Gasteiger charge is 2.20.